The van der Waals surface area contributed by atoms with Gasteiger partial charge in [-0.25, -0.2) is 0 Å². The van der Waals surface area contributed by atoms with E-state index in [4.69, 9.17) is 5.10 Å². The van der Waals surface area contributed by atoms with Crippen LogP contribution in [-0.4, -0.2) is 35.4 Å². The monoisotopic (exact) mass is 493 g/mol. The van der Waals surface area contributed by atoms with Crippen molar-refractivity contribution in [1.82, 2.24) is 20.4 Å². The van der Waals surface area contributed by atoms with Crippen LogP contribution in [0.15, 0.2) is 35.5 Å². The number of halogens is 1. The predicted octanol–water partition coefficient (Wildman–Crippen LogP) is 3.83. The van der Waals surface area contributed by atoms with Crippen LogP contribution in [0.4, 0.5) is 0 Å². The molecule has 2 aliphatic carbocycles. The van der Waals surface area contributed by atoms with Crippen LogP contribution in [-0.2, 0) is 19.3 Å². The molecule has 1 aromatic carbocycles. The Kier molecular flexibility index (Phi) is 7.01. The number of hydrogen-bond acceptors (Lipinski definition) is 2. The van der Waals surface area contributed by atoms with Gasteiger partial charge < -0.3 is 10.6 Å². The van der Waals surface area contributed by atoms with Gasteiger partial charge in [-0.1, -0.05) is 24.3 Å². The molecule has 0 saturated heterocycles. The molecule has 2 unspecified atom stereocenters. The summed E-state index contributed by atoms with van der Waals surface area (Å²) in [6, 6.07) is 9.66. The van der Waals surface area contributed by atoms with Crippen LogP contribution in [0.2, 0.25) is 0 Å². The van der Waals surface area contributed by atoms with E-state index in [1.165, 1.54) is 35.2 Å². The Labute approximate surface area is 185 Å². The SMILES string of the molecule is CN=C(NCC1CCc2ccccc21)NC1CCc2cn(C(C)C)nc2C1.I. The molecule has 0 saturated carbocycles. The molecule has 2 N–H and O–H groups in total. The van der Waals surface area contributed by atoms with Crippen molar-refractivity contribution < 1.29 is 0 Å². The number of aryl methyl sites for hydroxylation is 2. The van der Waals surface area contributed by atoms with Crippen LogP contribution in [0.25, 0.3) is 0 Å². The molecule has 1 aromatic heterocycles. The van der Waals surface area contributed by atoms with Crippen molar-refractivity contribution in [3.05, 3.63) is 52.8 Å². The van der Waals surface area contributed by atoms with Crippen LogP contribution >= 0.6 is 24.0 Å². The average molecular weight is 493 g/mol. The maximum absolute atomic E-state index is 4.78. The molecular weight excluding hydrogens is 461 g/mol. The van der Waals surface area contributed by atoms with Crippen molar-refractivity contribution >= 4 is 29.9 Å². The summed E-state index contributed by atoms with van der Waals surface area (Å²) in [5, 5.41) is 12.0. The highest BCUT2D eigenvalue weighted by atomic mass is 127. The van der Waals surface area contributed by atoms with E-state index >= 15 is 0 Å². The second kappa shape index (κ2) is 9.29. The number of fused-ring (bicyclic) bond motifs is 2. The minimum absolute atomic E-state index is 0. The van der Waals surface area contributed by atoms with Gasteiger partial charge in [0.05, 0.1) is 5.69 Å². The number of hydrogen-bond donors (Lipinski definition) is 2. The van der Waals surface area contributed by atoms with Gasteiger partial charge in [-0.05, 0) is 56.2 Å². The van der Waals surface area contributed by atoms with Gasteiger partial charge in [0, 0.05) is 44.2 Å². The third-order valence-corrected chi connectivity index (χ3v) is 5.96. The van der Waals surface area contributed by atoms with Crippen molar-refractivity contribution in [2.75, 3.05) is 13.6 Å². The van der Waals surface area contributed by atoms with Gasteiger partial charge in [0.1, 0.15) is 0 Å². The van der Waals surface area contributed by atoms with E-state index in [9.17, 15) is 0 Å². The van der Waals surface area contributed by atoms with E-state index in [1.54, 1.807) is 0 Å². The fraction of sp³-hybridized carbons (Fsp3) is 0.545. The molecule has 0 spiro atoms. The minimum atomic E-state index is 0. The Morgan fingerprint density at radius 3 is 2.79 bits per heavy atom. The Bertz CT molecular complexity index is 826. The van der Waals surface area contributed by atoms with Gasteiger partial charge in [-0.2, -0.15) is 5.10 Å². The van der Waals surface area contributed by atoms with Gasteiger partial charge in [-0.15, -0.1) is 24.0 Å². The number of aliphatic imine (C=N–C) groups is 1. The molecule has 0 aliphatic heterocycles. The number of guanidine groups is 1. The zero-order valence-corrected chi connectivity index (χ0v) is 19.4. The number of rotatable bonds is 4. The lowest BCUT2D eigenvalue weighted by molar-refractivity contribution is 0.498. The topological polar surface area (TPSA) is 54.2 Å². The summed E-state index contributed by atoms with van der Waals surface area (Å²) >= 11 is 0. The Hall–Kier alpha value is -1.57. The quantitative estimate of drug-likeness (QED) is 0.387. The fourth-order valence-electron chi connectivity index (χ4n) is 4.37. The highest BCUT2D eigenvalue weighted by Gasteiger charge is 2.24. The molecule has 0 fully saturated rings. The number of nitrogens with zero attached hydrogens (tertiary/aromatic N) is 3. The summed E-state index contributed by atoms with van der Waals surface area (Å²) < 4.78 is 2.09. The highest BCUT2D eigenvalue weighted by molar-refractivity contribution is 14.0. The van der Waals surface area contributed by atoms with E-state index in [0.29, 0.717) is 18.0 Å². The Morgan fingerprint density at radius 1 is 1.21 bits per heavy atom. The molecule has 6 heteroatoms. The number of benzene rings is 1. The van der Waals surface area contributed by atoms with E-state index in [-0.39, 0.29) is 24.0 Å². The maximum atomic E-state index is 4.78. The molecule has 28 heavy (non-hydrogen) atoms. The second-order valence-electron chi connectivity index (χ2n) is 8.15. The van der Waals surface area contributed by atoms with Crippen LogP contribution in [0.3, 0.4) is 0 Å². The van der Waals surface area contributed by atoms with Crippen LogP contribution in [0.5, 0.6) is 0 Å². The molecule has 0 bridgehead atoms. The van der Waals surface area contributed by atoms with Crippen molar-refractivity contribution in [3.8, 4) is 0 Å². The third kappa shape index (κ3) is 4.53. The molecule has 2 aliphatic rings. The van der Waals surface area contributed by atoms with Crippen LogP contribution in [0.1, 0.15) is 61.0 Å². The van der Waals surface area contributed by atoms with E-state index < -0.39 is 0 Å². The molecule has 0 radical (unpaired) electrons. The first-order chi connectivity index (χ1) is 13.1. The summed E-state index contributed by atoms with van der Waals surface area (Å²) in [5.74, 6) is 1.50. The fourth-order valence-corrected chi connectivity index (χ4v) is 4.37. The summed E-state index contributed by atoms with van der Waals surface area (Å²) in [4.78, 5) is 4.46. The summed E-state index contributed by atoms with van der Waals surface area (Å²) in [7, 11) is 1.86. The first-order valence-corrected chi connectivity index (χ1v) is 10.3. The van der Waals surface area contributed by atoms with E-state index in [0.717, 1.165) is 31.8 Å². The van der Waals surface area contributed by atoms with E-state index in [1.807, 2.05) is 7.05 Å². The second-order valence-corrected chi connectivity index (χ2v) is 8.15. The lowest BCUT2D eigenvalue weighted by Crippen LogP contribution is -2.46. The lowest BCUT2D eigenvalue weighted by Gasteiger charge is -2.25. The minimum Gasteiger partial charge on any atom is -0.356 e. The summed E-state index contributed by atoms with van der Waals surface area (Å²) in [5.41, 5.74) is 5.66. The normalized spacial score (nSPS) is 21.1. The highest BCUT2D eigenvalue weighted by Crippen LogP contribution is 2.32. The Balaban J connectivity index is 0.00000225. The molecule has 4 rings (SSSR count). The Morgan fingerprint density at radius 2 is 2.00 bits per heavy atom. The summed E-state index contributed by atoms with van der Waals surface area (Å²) in [6.45, 7) is 5.30. The van der Waals surface area contributed by atoms with Gasteiger partial charge in [0.2, 0.25) is 0 Å². The van der Waals surface area contributed by atoms with Crippen LogP contribution < -0.4 is 10.6 Å². The zero-order chi connectivity index (χ0) is 18.8. The van der Waals surface area contributed by atoms with Crippen molar-refractivity contribution in [2.24, 2.45) is 4.99 Å². The average Bonchev–Trinajstić information content (AvgIpc) is 3.29. The van der Waals surface area contributed by atoms with Gasteiger partial charge in [-0.3, -0.25) is 9.67 Å². The summed E-state index contributed by atoms with van der Waals surface area (Å²) in [6.07, 6.45) is 7.83. The molecule has 2 atom stereocenters. The molecule has 0 amide bonds. The largest absolute Gasteiger partial charge is 0.356 e. The van der Waals surface area contributed by atoms with Gasteiger partial charge >= 0.3 is 0 Å². The number of nitrogens with one attached hydrogen (secondary N) is 2. The standard InChI is InChI=1S/C22H31N5.HI/c1-15(2)27-14-18-10-11-19(12-21(18)26-27)25-22(23-3)24-13-17-9-8-16-6-4-5-7-20(16)17;/h4-7,14-15,17,19H,8-13H2,1-3H3,(H2,23,24,25);1H. The maximum Gasteiger partial charge on any atom is 0.191 e. The van der Waals surface area contributed by atoms with Gasteiger partial charge in [0.25, 0.3) is 0 Å². The molecular formula is C22H32IN5. The van der Waals surface area contributed by atoms with Crippen molar-refractivity contribution in [1.29, 1.82) is 0 Å². The smallest absolute Gasteiger partial charge is 0.191 e. The lowest BCUT2D eigenvalue weighted by atomic mass is 9.94. The molecule has 2 aromatic rings. The number of aromatic nitrogens is 2. The zero-order valence-electron chi connectivity index (χ0n) is 17.1. The third-order valence-electron chi connectivity index (χ3n) is 5.96. The van der Waals surface area contributed by atoms with Crippen molar-refractivity contribution in [2.45, 2.75) is 64.0 Å². The molecule has 1 heterocycles. The van der Waals surface area contributed by atoms with E-state index in [2.05, 4.69) is 64.6 Å². The van der Waals surface area contributed by atoms with Crippen LogP contribution in [0, 0.1) is 0 Å². The van der Waals surface area contributed by atoms with Gasteiger partial charge in [0.15, 0.2) is 5.96 Å². The predicted molar refractivity (Wildman–Crippen MR) is 126 cm³/mol. The first kappa shape index (κ1) is 21.1. The first-order valence-electron chi connectivity index (χ1n) is 10.3. The van der Waals surface area contributed by atoms with Crippen molar-refractivity contribution in [3.63, 3.8) is 0 Å². The molecule has 5 nitrogen and oxygen atoms in total. The molecule has 152 valence electrons.